The first-order chi connectivity index (χ1) is 19.4. The van der Waals surface area contributed by atoms with Crippen molar-refractivity contribution in [3.8, 4) is 11.5 Å². The van der Waals surface area contributed by atoms with Crippen LogP contribution in [0.5, 0.6) is 11.5 Å². The monoisotopic (exact) mass is 540 g/mol. The van der Waals surface area contributed by atoms with Crippen LogP contribution in [0.1, 0.15) is 22.3 Å². The Morgan fingerprint density at radius 3 is 1.10 bits per heavy atom. The van der Waals surface area contributed by atoms with Crippen LogP contribution in [0.25, 0.3) is 0 Å². The van der Waals surface area contributed by atoms with E-state index < -0.39 is 0 Å². The quantitative estimate of drug-likeness (QED) is 0.535. The number of aliphatic hydroxyl groups excluding tert-OH is 2. The summed E-state index contributed by atoms with van der Waals surface area (Å²) in [5.74, 6) is -0.338. The number of rotatable bonds is 6. The number of hydrogen-bond donors (Lipinski definition) is 2. The van der Waals surface area contributed by atoms with E-state index in [-0.39, 0.29) is 75.2 Å². The van der Waals surface area contributed by atoms with Crippen LogP contribution in [0.4, 0.5) is 0 Å². The van der Waals surface area contributed by atoms with Crippen LogP contribution in [0, 0.1) is 0 Å². The van der Waals surface area contributed by atoms with Gasteiger partial charge in [0, 0.05) is 48.0 Å². The van der Waals surface area contributed by atoms with Crippen molar-refractivity contribution in [2.45, 2.75) is 25.7 Å². The molecule has 0 unspecified atom stereocenters. The Bertz CT molecular complexity index is 1330. The Balaban J connectivity index is 1.67. The molecule has 204 valence electrons. The van der Waals surface area contributed by atoms with Crippen molar-refractivity contribution < 1.29 is 38.9 Å². The van der Waals surface area contributed by atoms with Crippen LogP contribution in [0.3, 0.4) is 0 Å². The van der Waals surface area contributed by atoms with Gasteiger partial charge in [-0.05, 0) is 46.6 Å². The molecule has 0 heterocycles. The van der Waals surface area contributed by atoms with Crippen molar-refractivity contribution in [3.05, 3.63) is 105 Å². The van der Waals surface area contributed by atoms with Crippen molar-refractivity contribution in [3.63, 3.8) is 0 Å². The van der Waals surface area contributed by atoms with Gasteiger partial charge in [0.2, 0.25) is 0 Å². The summed E-state index contributed by atoms with van der Waals surface area (Å²) >= 11 is 0. The van der Waals surface area contributed by atoms with Gasteiger partial charge in [0.1, 0.15) is 24.7 Å². The van der Waals surface area contributed by atoms with Gasteiger partial charge in [-0.3, -0.25) is 19.2 Å². The largest absolute Gasteiger partial charge is 0.491 e. The first kappa shape index (κ1) is 27.2. The van der Waals surface area contributed by atoms with E-state index in [2.05, 4.69) is 0 Å². The van der Waals surface area contributed by atoms with E-state index >= 15 is 0 Å². The van der Waals surface area contributed by atoms with Gasteiger partial charge in [-0.25, -0.2) is 0 Å². The maximum absolute atomic E-state index is 13.6. The summed E-state index contributed by atoms with van der Waals surface area (Å²) in [4.78, 5) is 52.6. The molecule has 0 saturated heterocycles. The van der Waals surface area contributed by atoms with E-state index in [1.165, 1.54) is 24.3 Å². The van der Waals surface area contributed by atoms with Crippen LogP contribution in [-0.2, 0) is 44.9 Å². The first-order valence-corrected chi connectivity index (χ1v) is 13.1. The van der Waals surface area contributed by atoms with Gasteiger partial charge in [0.15, 0.2) is 23.1 Å². The Morgan fingerprint density at radius 1 is 0.525 bits per heavy atom. The first-order valence-electron chi connectivity index (χ1n) is 13.1. The van der Waals surface area contributed by atoms with Gasteiger partial charge in [0.25, 0.3) is 0 Å². The number of hydrogen-bond acceptors (Lipinski definition) is 8. The lowest BCUT2D eigenvalue weighted by Gasteiger charge is -2.22. The van der Waals surface area contributed by atoms with Gasteiger partial charge in [-0.2, -0.15) is 0 Å². The predicted octanol–water partition coefficient (Wildman–Crippen LogP) is 2.32. The van der Waals surface area contributed by atoms with E-state index in [0.717, 1.165) is 0 Å². The second-order valence-corrected chi connectivity index (χ2v) is 9.80. The minimum absolute atomic E-state index is 0.0105. The molecule has 2 N–H and O–H groups in total. The summed E-state index contributed by atoms with van der Waals surface area (Å²) in [6, 6.07) is 10.6. The Kier molecular flexibility index (Phi) is 8.00. The van der Waals surface area contributed by atoms with Crippen LogP contribution in [0.2, 0.25) is 0 Å². The van der Waals surface area contributed by atoms with Crippen LogP contribution in [-0.4, -0.2) is 59.8 Å². The molecule has 0 atom stereocenters. The lowest BCUT2D eigenvalue weighted by Crippen LogP contribution is -2.20. The summed E-state index contributed by atoms with van der Waals surface area (Å²) in [5.41, 5.74) is 3.65. The number of ketones is 4. The van der Waals surface area contributed by atoms with Crippen LogP contribution < -0.4 is 9.47 Å². The predicted molar refractivity (Wildman–Crippen MR) is 145 cm³/mol. The second-order valence-electron chi connectivity index (χ2n) is 9.80. The van der Waals surface area contributed by atoms with Gasteiger partial charge in [-0.1, -0.05) is 36.4 Å². The molecule has 8 nitrogen and oxygen atoms in total. The van der Waals surface area contributed by atoms with Gasteiger partial charge >= 0.3 is 0 Å². The highest BCUT2D eigenvalue weighted by atomic mass is 16.5. The fourth-order valence-corrected chi connectivity index (χ4v) is 5.29. The fraction of sp³-hybridized carbons (Fsp3) is 0.250. The van der Waals surface area contributed by atoms with E-state index in [0.29, 0.717) is 56.0 Å². The zero-order valence-electron chi connectivity index (χ0n) is 21.8. The highest BCUT2D eigenvalue weighted by Gasteiger charge is 2.28. The maximum atomic E-state index is 13.6. The highest BCUT2D eigenvalue weighted by molar-refractivity contribution is 6.21. The molecule has 0 spiro atoms. The molecule has 8 heteroatoms. The van der Waals surface area contributed by atoms with E-state index in [9.17, 15) is 29.4 Å². The SMILES string of the molecule is O=C1C=C2Cc3cccc(c3OCCO)CC3=CC(=O)C=C(Cc4cccc(c4OCCO)CC(=C1)C2=O)C3=O. The molecule has 3 aliphatic carbocycles. The molecule has 0 radical (unpaired) electrons. The van der Waals surface area contributed by atoms with Gasteiger partial charge in [0.05, 0.1) is 13.2 Å². The second kappa shape index (κ2) is 11.8. The third-order valence-corrected chi connectivity index (χ3v) is 6.99. The van der Waals surface area contributed by atoms with Crippen molar-refractivity contribution in [1.29, 1.82) is 0 Å². The molecule has 2 aromatic carbocycles. The number of benzene rings is 2. The molecule has 0 saturated carbocycles. The van der Waals surface area contributed by atoms with Crippen molar-refractivity contribution >= 4 is 23.1 Å². The number of carbonyl (C=O) groups excluding carboxylic acids is 4. The normalized spacial score (nSPS) is 17.1. The minimum Gasteiger partial charge on any atom is -0.491 e. The van der Waals surface area contributed by atoms with E-state index in [4.69, 9.17) is 9.47 Å². The van der Waals surface area contributed by atoms with E-state index in [1.54, 1.807) is 36.4 Å². The van der Waals surface area contributed by atoms with E-state index in [1.807, 2.05) is 0 Å². The lowest BCUT2D eigenvalue weighted by molar-refractivity contribution is -0.115. The third kappa shape index (κ3) is 5.64. The third-order valence-electron chi connectivity index (χ3n) is 6.99. The summed E-state index contributed by atoms with van der Waals surface area (Å²) < 4.78 is 11.8. The average Bonchev–Trinajstić information content (AvgIpc) is 2.92. The molecule has 0 aliphatic heterocycles. The summed E-state index contributed by atoms with van der Waals surface area (Å²) in [6.07, 6.45) is 5.67. The minimum atomic E-state index is -0.303. The molecule has 0 aromatic heterocycles. The molecule has 0 amide bonds. The lowest BCUT2D eigenvalue weighted by atomic mass is 9.84. The summed E-state index contributed by atoms with van der Waals surface area (Å²) in [5, 5.41) is 18.9. The Morgan fingerprint density at radius 2 is 0.825 bits per heavy atom. The standard InChI is InChI=1S/C32H28O8/c33-7-9-39-31-19-3-1-4-20(31)12-24-16-28(36)18-26(30(24)38)14-22-6-2-5-21(32(22)40-10-8-34)13-25-17-27(35)15-23(11-19)29(25)37/h1-6,15-18,33-34H,7-14H2. The summed E-state index contributed by atoms with van der Waals surface area (Å²) in [7, 11) is 0. The molecule has 8 bridgehead atoms. The van der Waals surface area contributed by atoms with Crippen LogP contribution in [0.15, 0.2) is 83.0 Å². The molecule has 2 aromatic rings. The molecular formula is C32H28O8. The number of carbonyl (C=O) groups is 4. The van der Waals surface area contributed by atoms with Crippen molar-refractivity contribution in [1.82, 2.24) is 0 Å². The zero-order valence-corrected chi connectivity index (χ0v) is 21.8. The Hall–Kier alpha value is -4.40. The average molecular weight is 541 g/mol. The number of para-hydroxylation sites is 2. The van der Waals surface area contributed by atoms with Crippen molar-refractivity contribution in [2.75, 3.05) is 26.4 Å². The van der Waals surface area contributed by atoms with Crippen LogP contribution >= 0.6 is 0 Å². The highest BCUT2D eigenvalue weighted by Crippen LogP contribution is 2.35. The number of aliphatic hydroxyl groups is 2. The topological polar surface area (TPSA) is 127 Å². The number of ether oxygens (including phenoxy) is 2. The Labute approximate surface area is 230 Å². The number of Topliss-reactive ketones (excluding diaryl/α,β-unsaturated/α-hetero) is 2. The van der Waals surface area contributed by atoms with Gasteiger partial charge in [-0.15, -0.1) is 0 Å². The van der Waals surface area contributed by atoms with Crippen molar-refractivity contribution in [2.24, 2.45) is 0 Å². The van der Waals surface area contributed by atoms with Gasteiger partial charge < -0.3 is 19.7 Å². The summed E-state index contributed by atoms with van der Waals surface area (Å²) in [6.45, 7) is -0.509. The molecule has 3 aliphatic rings. The number of allylic oxidation sites excluding steroid dienone is 8. The molecule has 0 fully saturated rings. The molecule has 5 rings (SSSR count). The smallest absolute Gasteiger partial charge is 0.185 e. The zero-order chi connectivity index (χ0) is 28.2. The number of fused-ring (bicyclic) bond motifs is 8. The maximum Gasteiger partial charge on any atom is 0.185 e. The molecule has 40 heavy (non-hydrogen) atoms. The molecular weight excluding hydrogens is 512 g/mol. The fourth-order valence-electron chi connectivity index (χ4n) is 5.29.